The molecule has 0 atom stereocenters. The summed E-state index contributed by atoms with van der Waals surface area (Å²) in [5.41, 5.74) is 2.05. The highest BCUT2D eigenvalue weighted by Crippen LogP contribution is 2.18. The highest BCUT2D eigenvalue weighted by Gasteiger charge is 2.12. The summed E-state index contributed by atoms with van der Waals surface area (Å²) < 4.78 is 0.817. The van der Waals surface area contributed by atoms with E-state index >= 15 is 0 Å². The lowest BCUT2D eigenvalue weighted by atomic mass is 10.1. The molecule has 0 saturated carbocycles. The van der Waals surface area contributed by atoms with E-state index in [-0.39, 0.29) is 11.8 Å². The van der Waals surface area contributed by atoms with Crippen molar-refractivity contribution in [3.8, 4) is 0 Å². The zero-order valence-electron chi connectivity index (χ0n) is 11.8. The number of amides is 2. The van der Waals surface area contributed by atoms with Gasteiger partial charge in [-0.3, -0.25) is 9.59 Å². The van der Waals surface area contributed by atoms with Crippen molar-refractivity contribution in [3.63, 3.8) is 0 Å². The van der Waals surface area contributed by atoms with Crippen molar-refractivity contribution in [1.29, 1.82) is 0 Å². The zero-order chi connectivity index (χ0) is 15.4. The van der Waals surface area contributed by atoms with E-state index in [0.29, 0.717) is 17.9 Å². The predicted molar refractivity (Wildman–Crippen MR) is 85.0 cm³/mol. The largest absolute Gasteiger partial charge is 0.356 e. The third kappa shape index (κ3) is 3.95. The zero-order valence-corrected chi connectivity index (χ0v) is 13.4. The van der Waals surface area contributed by atoms with E-state index in [9.17, 15) is 9.59 Å². The summed E-state index contributed by atoms with van der Waals surface area (Å²) >= 11 is 3.29. The van der Waals surface area contributed by atoms with E-state index in [1.807, 2.05) is 24.3 Å². The summed E-state index contributed by atoms with van der Waals surface area (Å²) in [6, 6.07) is 9.14. The number of halogens is 1. The Bertz CT molecular complexity index is 666. The van der Waals surface area contributed by atoms with Crippen molar-refractivity contribution >= 4 is 33.4 Å². The molecule has 2 aromatic rings. The first-order chi connectivity index (χ1) is 9.97. The Balaban J connectivity index is 2.16. The SMILES string of the molecule is CC(=O)N(C)Cc1ccccc1NC(=O)c1cc(Br)c[nH]1. The van der Waals surface area contributed by atoms with Crippen LogP contribution in [0.4, 0.5) is 5.69 Å². The Hall–Kier alpha value is -2.08. The van der Waals surface area contributed by atoms with Crippen molar-refractivity contribution in [2.45, 2.75) is 13.5 Å². The van der Waals surface area contributed by atoms with E-state index in [1.54, 1.807) is 24.2 Å². The molecule has 2 rings (SSSR count). The molecule has 0 bridgehead atoms. The number of aromatic amines is 1. The van der Waals surface area contributed by atoms with Gasteiger partial charge in [0.05, 0.1) is 0 Å². The van der Waals surface area contributed by atoms with E-state index < -0.39 is 0 Å². The third-order valence-corrected chi connectivity index (χ3v) is 3.56. The lowest BCUT2D eigenvalue weighted by Crippen LogP contribution is -2.24. The van der Waals surface area contributed by atoms with Crippen LogP contribution in [0, 0.1) is 0 Å². The molecule has 0 spiro atoms. The average Bonchev–Trinajstić information content (AvgIpc) is 2.87. The van der Waals surface area contributed by atoms with Gasteiger partial charge in [-0.25, -0.2) is 0 Å². The Morgan fingerprint density at radius 3 is 2.67 bits per heavy atom. The number of nitrogens with zero attached hydrogens (tertiary/aromatic N) is 1. The minimum absolute atomic E-state index is 0.0237. The van der Waals surface area contributed by atoms with Gasteiger partial charge in [0.25, 0.3) is 5.91 Å². The number of hydrogen-bond acceptors (Lipinski definition) is 2. The second-order valence-electron chi connectivity index (χ2n) is 4.72. The lowest BCUT2D eigenvalue weighted by molar-refractivity contribution is -0.128. The first kappa shape index (κ1) is 15.3. The Kier molecular flexibility index (Phi) is 4.80. The molecule has 0 aliphatic carbocycles. The Morgan fingerprint density at radius 2 is 2.05 bits per heavy atom. The fraction of sp³-hybridized carbons (Fsp3) is 0.200. The summed E-state index contributed by atoms with van der Waals surface area (Å²) in [5, 5.41) is 2.86. The molecular formula is C15H16BrN3O2. The molecule has 0 saturated heterocycles. The van der Waals surface area contributed by atoms with Crippen molar-refractivity contribution in [3.05, 3.63) is 52.3 Å². The number of H-pyrrole nitrogens is 1. The smallest absolute Gasteiger partial charge is 0.272 e. The van der Waals surface area contributed by atoms with Gasteiger partial charge in [-0.15, -0.1) is 0 Å². The standard InChI is InChI=1S/C15H16BrN3O2/c1-10(20)19(2)9-11-5-3-4-6-13(11)18-15(21)14-7-12(16)8-17-14/h3-8,17H,9H2,1-2H3,(H,18,21). The van der Waals surface area contributed by atoms with Gasteiger partial charge in [-0.05, 0) is 33.6 Å². The van der Waals surface area contributed by atoms with Crippen molar-refractivity contribution < 1.29 is 9.59 Å². The Morgan fingerprint density at radius 1 is 1.33 bits per heavy atom. The van der Waals surface area contributed by atoms with Gasteiger partial charge in [0.1, 0.15) is 5.69 Å². The highest BCUT2D eigenvalue weighted by atomic mass is 79.9. The maximum Gasteiger partial charge on any atom is 0.272 e. The first-order valence-corrected chi connectivity index (χ1v) is 7.21. The van der Waals surface area contributed by atoms with Gasteiger partial charge in [0, 0.05) is 36.9 Å². The molecule has 0 aliphatic rings. The van der Waals surface area contributed by atoms with Crippen LogP contribution >= 0.6 is 15.9 Å². The maximum atomic E-state index is 12.2. The monoisotopic (exact) mass is 349 g/mol. The summed E-state index contributed by atoms with van der Waals surface area (Å²) in [7, 11) is 1.73. The van der Waals surface area contributed by atoms with E-state index in [2.05, 4.69) is 26.2 Å². The average molecular weight is 350 g/mol. The van der Waals surface area contributed by atoms with E-state index in [1.165, 1.54) is 6.92 Å². The maximum absolute atomic E-state index is 12.2. The van der Waals surface area contributed by atoms with Crippen LogP contribution in [-0.2, 0) is 11.3 Å². The molecule has 5 nitrogen and oxygen atoms in total. The number of aromatic nitrogens is 1. The van der Waals surface area contributed by atoms with Crippen LogP contribution < -0.4 is 5.32 Å². The molecule has 0 radical (unpaired) electrons. The molecule has 2 N–H and O–H groups in total. The van der Waals surface area contributed by atoms with Gasteiger partial charge in [0.2, 0.25) is 5.91 Å². The number of nitrogens with one attached hydrogen (secondary N) is 2. The van der Waals surface area contributed by atoms with Crippen LogP contribution in [0.3, 0.4) is 0 Å². The first-order valence-electron chi connectivity index (χ1n) is 6.42. The van der Waals surface area contributed by atoms with Gasteiger partial charge in [-0.1, -0.05) is 18.2 Å². The third-order valence-electron chi connectivity index (χ3n) is 3.10. The molecular weight excluding hydrogens is 334 g/mol. The second kappa shape index (κ2) is 6.58. The molecule has 1 heterocycles. The van der Waals surface area contributed by atoms with Crippen LogP contribution in [0.25, 0.3) is 0 Å². The van der Waals surface area contributed by atoms with Crippen LogP contribution in [0.2, 0.25) is 0 Å². The van der Waals surface area contributed by atoms with Crippen LogP contribution in [0.5, 0.6) is 0 Å². The molecule has 2 amide bonds. The normalized spacial score (nSPS) is 10.2. The second-order valence-corrected chi connectivity index (χ2v) is 5.63. The number of carbonyl (C=O) groups is 2. The minimum atomic E-state index is -0.223. The Labute approximate surface area is 131 Å². The van der Waals surface area contributed by atoms with Crippen molar-refractivity contribution in [2.24, 2.45) is 0 Å². The summed E-state index contributed by atoms with van der Waals surface area (Å²) in [5.74, 6) is -0.247. The van der Waals surface area contributed by atoms with Crippen molar-refractivity contribution in [2.75, 3.05) is 12.4 Å². The topological polar surface area (TPSA) is 65.2 Å². The summed E-state index contributed by atoms with van der Waals surface area (Å²) in [4.78, 5) is 28.0. The number of para-hydroxylation sites is 1. The molecule has 110 valence electrons. The van der Waals surface area contributed by atoms with Crippen LogP contribution in [-0.4, -0.2) is 28.7 Å². The van der Waals surface area contributed by atoms with Gasteiger partial charge < -0.3 is 15.2 Å². The number of benzene rings is 1. The molecule has 1 aromatic heterocycles. The van der Waals surface area contributed by atoms with Crippen molar-refractivity contribution in [1.82, 2.24) is 9.88 Å². The summed E-state index contributed by atoms with van der Waals surface area (Å²) in [6.45, 7) is 1.96. The lowest BCUT2D eigenvalue weighted by Gasteiger charge is -2.17. The molecule has 0 fully saturated rings. The quantitative estimate of drug-likeness (QED) is 0.890. The molecule has 1 aromatic carbocycles. The van der Waals surface area contributed by atoms with Gasteiger partial charge >= 0.3 is 0 Å². The number of rotatable bonds is 4. The number of hydrogen-bond donors (Lipinski definition) is 2. The van der Waals surface area contributed by atoms with E-state index in [4.69, 9.17) is 0 Å². The molecule has 21 heavy (non-hydrogen) atoms. The highest BCUT2D eigenvalue weighted by molar-refractivity contribution is 9.10. The molecule has 0 unspecified atom stereocenters. The molecule has 6 heteroatoms. The number of carbonyl (C=O) groups excluding carboxylic acids is 2. The predicted octanol–water partition coefficient (Wildman–Crippen LogP) is 3.01. The van der Waals surface area contributed by atoms with E-state index in [0.717, 1.165) is 10.0 Å². The summed E-state index contributed by atoms with van der Waals surface area (Å²) in [6.07, 6.45) is 1.70. The van der Waals surface area contributed by atoms with Crippen LogP contribution in [0.1, 0.15) is 23.0 Å². The fourth-order valence-corrected chi connectivity index (χ4v) is 2.18. The minimum Gasteiger partial charge on any atom is -0.356 e. The molecule has 0 aliphatic heterocycles. The van der Waals surface area contributed by atoms with Gasteiger partial charge in [-0.2, -0.15) is 0 Å². The van der Waals surface area contributed by atoms with Crippen LogP contribution in [0.15, 0.2) is 41.0 Å². The number of anilines is 1. The van der Waals surface area contributed by atoms with Gasteiger partial charge in [0.15, 0.2) is 0 Å². The fourth-order valence-electron chi connectivity index (χ4n) is 1.84.